The highest BCUT2D eigenvalue weighted by atomic mass is 35.5. The van der Waals surface area contributed by atoms with Gasteiger partial charge in [-0.1, -0.05) is 17.7 Å². The van der Waals surface area contributed by atoms with Gasteiger partial charge in [-0.3, -0.25) is 0 Å². The van der Waals surface area contributed by atoms with Crippen LogP contribution in [-0.2, 0) is 6.42 Å². The van der Waals surface area contributed by atoms with E-state index in [1.807, 2.05) is 0 Å². The molecule has 94 valence electrons. The zero-order chi connectivity index (χ0) is 12.5. The summed E-state index contributed by atoms with van der Waals surface area (Å²) in [6.07, 6.45) is 2.79. The number of aliphatic hydroxyl groups is 1. The van der Waals surface area contributed by atoms with Crippen molar-refractivity contribution in [2.24, 2.45) is 0 Å². The Morgan fingerprint density at radius 1 is 1.53 bits per heavy atom. The first-order chi connectivity index (χ1) is 7.96. The van der Waals surface area contributed by atoms with Crippen LogP contribution in [0.1, 0.15) is 25.3 Å². The fourth-order valence-electron chi connectivity index (χ4n) is 1.80. The van der Waals surface area contributed by atoms with Crippen molar-refractivity contribution >= 4 is 11.6 Å². The van der Waals surface area contributed by atoms with Crippen molar-refractivity contribution in [2.75, 3.05) is 6.54 Å². The standard InChI is InChI=1S/C13H17ClFNO/c1-13(17,8-16-10-3-4-10)7-9-2-5-11(14)12(15)6-9/h2,5-6,10,16-17H,3-4,7-8H2,1H3. The second kappa shape index (κ2) is 4.92. The summed E-state index contributed by atoms with van der Waals surface area (Å²) in [7, 11) is 0. The number of nitrogens with one attached hydrogen (secondary N) is 1. The second-order valence-corrected chi connectivity index (χ2v) is 5.48. The van der Waals surface area contributed by atoms with Gasteiger partial charge in [0, 0.05) is 19.0 Å². The number of rotatable bonds is 5. The van der Waals surface area contributed by atoms with Crippen LogP contribution in [0.25, 0.3) is 0 Å². The van der Waals surface area contributed by atoms with Crippen LogP contribution in [-0.4, -0.2) is 23.3 Å². The first-order valence-electron chi connectivity index (χ1n) is 5.86. The summed E-state index contributed by atoms with van der Waals surface area (Å²) in [6.45, 7) is 2.29. The van der Waals surface area contributed by atoms with Crippen molar-refractivity contribution in [3.8, 4) is 0 Å². The highest BCUT2D eigenvalue weighted by Crippen LogP contribution is 2.22. The molecule has 0 bridgehead atoms. The van der Waals surface area contributed by atoms with Gasteiger partial charge in [0.05, 0.1) is 10.6 Å². The van der Waals surface area contributed by atoms with E-state index in [0.29, 0.717) is 19.0 Å². The number of benzene rings is 1. The van der Waals surface area contributed by atoms with E-state index < -0.39 is 11.4 Å². The van der Waals surface area contributed by atoms with Gasteiger partial charge in [-0.05, 0) is 37.5 Å². The molecule has 0 aromatic heterocycles. The van der Waals surface area contributed by atoms with E-state index in [9.17, 15) is 9.50 Å². The summed E-state index contributed by atoms with van der Waals surface area (Å²) in [5.74, 6) is -0.435. The minimum atomic E-state index is -0.858. The Morgan fingerprint density at radius 2 is 2.24 bits per heavy atom. The Balaban J connectivity index is 1.94. The summed E-state index contributed by atoms with van der Waals surface area (Å²) >= 11 is 5.61. The third-order valence-electron chi connectivity index (χ3n) is 2.92. The van der Waals surface area contributed by atoms with Crippen molar-refractivity contribution in [2.45, 2.75) is 37.8 Å². The van der Waals surface area contributed by atoms with Crippen LogP contribution in [0, 0.1) is 5.82 Å². The van der Waals surface area contributed by atoms with E-state index in [4.69, 9.17) is 11.6 Å². The molecule has 1 aliphatic carbocycles. The van der Waals surface area contributed by atoms with Crippen molar-refractivity contribution in [3.63, 3.8) is 0 Å². The van der Waals surface area contributed by atoms with Crippen LogP contribution >= 0.6 is 11.6 Å². The topological polar surface area (TPSA) is 32.3 Å². The molecular weight excluding hydrogens is 241 g/mol. The Hall–Kier alpha value is -0.640. The molecule has 1 aliphatic rings. The van der Waals surface area contributed by atoms with Gasteiger partial charge in [0.25, 0.3) is 0 Å². The third-order valence-corrected chi connectivity index (χ3v) is 3.22. The molecule has 1 aromatic carbocycles. The Labute approximate surface area is 106 Å². The molecular formula is C13H17ClFNO. The van der Waals surface area contributed by atoms with Gasteiger partial charge in [0.2, 0.25) is 0 Å². The van der Waals surface area contributed by atoms with Crippen molar-refractivity contribution in [3.05, 3.63) is 34.6 Å². The SMILES string of the molecule is CC(O)(CNC1CC1)Cc1ccc(Cl)c(F)c1. The maximum atomic E-state index is 13.2. The molecule has 17 heavy (non-hydrogen) atoms. The molecule has 1 aromatic rings. The van der Waals surface area contributed by atoms with E-state index >= 15 is 0 Å². The fourth-order valence-corrected chi connectivity index (χ4v) is 1.92. The first kappa shape index (κ1) is 12.8. The molecule has 1 atom stereocenters. The minimum Gasteiger partial charge on any atom is -0.389 e. The Bertz CT molecular complexity index is 404. The predicted molar refractivity (Wildman–Crippen MR) is 66.8 cm³/mol. The maximum absolute atomic E-state index is 13.2. The van der Waals surface area contributed by atoms with Crippen molar-refractivity contribution in [1.82, 2.24) is 5.32 Å². The Morgan fingerprint density at radius 3 is 2.82 bits per heavy atom. The monoisotopic (exact) mass is 257 g/mol. The van der Waals surface area contributed by atoms with Crippen LogP contribution < -0.4 is 5.32 Å². The average Bonchev–Trinajstić information content (AvgIpc) is 3.04. The smallest absolute Gasteiger partial charge is 0.142 e. The van der Waals surface area contributed by atoms with Gasteiger partial charge in [-0.15, -0.1) is 0 Å². The molecule has 0 saturated heterocycles. The van der Waals surface area contributed by atoms with Gasteiger partial charge in [-0.2, -0.15) is 0 Å². The van der Waals surface area contributed by atoms with Gasteiger partial charge < -0.3 is 10.4 Å². The molecule has 0 radical (unpaired) electrons. The second-order valence-electron chi connectivity index (χ2n) is 5.08. The molecule has 2 nitrogen and oxygen atoms in total. The highest BCUT2D eigenvalue weighted by molar-refractivity contribution is 6.30. The quantitative estimate of drug-likeness (QED) is 0.850. The van der Waals surface area contributed by atoms with Crippen LogP contribution in [0.3, 0.4) is 0 Å². The van der Waals surface area contributed by atoms with Gasteiger partial charge in [-0.25, -0.2) is 4.39 Å². The highest BCUT2D eigenvalue weighted by Gasteiger charge is 2.26. The molecule has 1 fully saturated rings. The van der Waals surface area contributed by atoms with Gasteiger partial charge in [0.1, 0.15) is 5.82 Å². The lowest BCUT2D eigenvalue weighted by molar-refractivity contribution is 0.0597. The Kier molecular flexibility index (Phi) is 3.71. The average molecular weight is 258 g/mol. The van der Waals surface area contributed by atoms with E-state index in [-0.39, 0.29) is 5.02 Å². The van der Waals surface area contributed by atoms with Crippen LogP contribution in [0.4, 0.5) is 4.39 Å². The molecule has 0 amide bonds. The van der Waals surface area contributed by atoms with Crippen LogP contribution in [0.15, 0.2) is 18.2 Å². The number of hydrogen-bond acceptors (Lipinski definition) is 2. The van der Waals surface area contributed by atoms with E-state index in [2.05, 4.69) is 5.32 Å². The fraction of sp³-hybridized carbons (Fsp3) is 0.538. The molecule has 0 aliphatic heterocycles. The summed E-state index contributed by atoms with van der Waals surface area (Å²) < 4.78 is 13.2. The molecule has 0 heterocycles. The van der Waals surface area contributed by atoms with E-state index in [1.54, 1.807) is 13.0 Å². The maximum Gasteiger partial charge on any atom is 0.142 e. The third kappa shape index (κ3) is 3.95. The van der Waals surface area contributed by atoms with Crippen LogP contribution in [0.5, 0.6) is 0 Å². The summed E-state index contributed by atoms with van der Waals surface area (Å²) in [6, 6.07) is 5.21. The van der Waals surface area contributed by atoms with Crippen LogP contribution in [0.2, 0.25) is 5.02 Å². The normalized spacial score (nSPS) is 19.1. The van der Waals surface area contributed by atoms with E-state index in [0.717, 1.165) is 5.56 Å². The van der Waals surface area contributed by atoms with Crippen molar-refractivity contribution < 1.29 is 9.50 Å². The molecule has 1 saturated carbocycles. The first-order valence-corrected chi connectivity index (χ1v) is 6.24. The molecule has 2 rings (SSSR count). The molecule has 2 N–H and O–H groups in total. The van der Waals surface area contributed by atoms with Gasteiger partial charge >= 0.3 is 0 Å². The summed E-state index contributed by atoms with van der Waals surface area (Å²) in [5.41, 5.74) is -0.0995. The zero-order valence-corrected chi connectivity index (χ0v) is 10.6. The minimum absolute atomic E-state index is 0.115. The molecule has 0 spiro atoms. The lowest BCUT2D eigenvalue weighted by Crippen LogP contribution is -2.40. The molecule has 1 unspecified atom stereocenters. The van der Waals surface area contributed by atoms with E-state index in [1.165, 1.54) is 25.0 Å². The summed E-state index contributed by atoms with van der Waals surface area (Å²) in [5, 5.41) is 13.6. The summed E-state index contributed by atoms with van der Waals surface area (Å²) in [4.78, 5) is 0. The number of hydrogen-bond donors (Lipinski definition) is 2. The number of halogens is 2. The molecule has 4 heteroatoms. The lowest BCUT2D eigenvalue weighted by atomic mass is 9.96. The largest absolute Gasteiger partial charge is 0.389 e. The van der Waals surface area contributed by atoms with Gasteiger partial charge in [0.15, 0.2) is 0 Å². The van der Waals surface area contributed by atoms with Crippen molar-refractivity contribution in [1.29, 1.82) is 0 Å². The zero-order valence-electron chi connectivity index (χ0n) is 9.84. The predicted octanol–water partition coefficient (Wildman–Crippen LogP) is 2.52. The lowest BCUT2D eigenvalue weighted by Gasteiger charge is -2.24.